The van der Waals surface area contributed by atoms with E-state index in [1.807, 2.05) is 6.92 Å². The zero-order valence-electron chi connectivity index (χ0n) is 16.7. The van der Waals surface area contributed by atoms with Crippen LogP contribution in [0.4, 0.5) is 0 Å². The lowest BCUT2D eigenvalue weighted by atomic mass is 9.73. The summed E-state index contributed by atoms with van der Waals surface area (Å²) in [7, 11) is -2.33. The summed E-state index contributed by atoms with van der Waals surface area (Å²) in [6.45, 7) is 2.78. The van der Waals surface area contributed by atoms with Crippen molar-refractivity contribution in [2.45, 2.75) is 55.9 Å². The second kappa shape index (κ2) is 8.62. The second-order valence-corrected chi connectivity index (χ2v) is 10.3. The van der Waals surface area contributed by atoms with E-state index >= 15 is 0 Å². The normalized spacial score (nSPS) is 25.6. The van der Waals surface area contributed by atoms with Crippen LogP contribution < -0.4 is 5.32 Å². The van der Waals surface area contributed by atoms with Gasteiger partial charge in [0.1, 0.15) is 0 Å². The summed E-state index contributed by atoms with van der Waals surface area (Å²) >= 11 is 6.23. The lowest BCUT2D eigenvalue weighted by Gasteiger charge is -2.40. The summed E-state index contributed by atoms with van der Waals surface area (Å²) < 4.78 is 32.0. The van der Waals surface area contributed by atoms with Crippen molar-refractivity contribution in [3.05, 3.63) is 28.8 Å². The van der Waals surface area contributed by atoms with Crippen LogP contribution in [0.25, 0.3) is 0 Å². The van der Waals surface area contributed by atoms with Crippen LogP contribution in [0.5, 0.6) is 0 Å². The Morgan fingerprint density at radius 2 is 1.90 bits per heavy atom. The predicted molar refractivity (Wildman–Crippen MR) is 109 cm³/mol. The van der Waals surface area contributed by atoms with E-state index in [0.717, 1.165) is 25.7 Å². The van der Waals surface area contributed by atoms with E-state index in [1.54, 1.807) is 0 Å². The van der Waals surface area contributed by atoms with Crippen molar-refractivity contribution < 1.29 is 22.7 Å². The molecule has 1 amide bonds. The molecular formula is C20H27ClN2O5S. The third-order valence-electron chi connectivity index (χ3n) is 5.98. The Kier molecular flexibility index (Phi) is 6.55. The SMILES string of the molecule is COC(=O)[C@@H]1CCCC[C@@]1(C)NC(=O)c1cc(S(=O)(=O)N2CCCC2)ccc1Cl. The Hall–Kier alpha value is -1.64. The van der Waals surface area contributed by atoms with Gasteiger partial charge in [-0.3, -0.25) is 9.59 Å². The number of methoxy groups -OCH3 is 1. The Labute approximate surface area is 176 Å². The summed E-state index contributed by atoms with van der Waals surface area (Å²) in [5.74, 6) is -1.31. The standard InChI is InChI=1S/C20H27ClN2O5S/c1-20(10-4-3-7-16(20)19(25)28-2)22-18(24)15-13-14(8-9-17(15)21)29(26,27)23-11-5-6-12-23/h8-9,13,16H,3-7,10-12H2,1-2H3,(H,22,24)/t16-,20+/m0/s1. The molecule has 1 N–H and O–H groups in total. The molecule has 160 valence electrons. The second-order valence-electron chi connectivity index (χ2n) is 7.95. The molecule has 1 saturated carbocycles. The lowest BCUT2D eigenvalue weighted by Crippen LogP contribution is -2.55. The zero-order valence-corrected chi connectivity index (χ0v) is 18.3. The average molecular weight is 443 g/mol. The van der Waals surface area contributed by atoms with Crippen molar-refractivity contribution in [2.75, 3.05) is 20.2 Å². The van der Waals surface area contributed by atoms with E-state index in [4.69, 9.17) is 16.3 Å². The van der Waals surface area contributed by atoms with Gasteiger partial charge in [-0.15, -0.1) is 0 Å². The molecule has 2 fully saturated rings. The van der Waals surface area contributed by atoms with Gasteiger partial charge in [0.25, 0.3) is 5.91 Å². The van der Waals surface area contributed by atoms with Crippen LogP contribution in [0.15, 0.2) is 23.1 Å². The topological polar surface area (TPSA) is 92.8 Å². The van der Waals surface area contributed by atoms with Crippen LogP contribution in [0.1, 0.15) is 55.8 Å². The van der Waals surface area contributed by atoms with Gasteiger partial charge in [0.15, 0.2) is 0 Å². The molecule has 0 spiro atoms. The number of sulfonamides is 1. The minimum Gasteiger partial charge on any atom is -0.469 e. The van der Waals surface area contributed by atoms with Crippen LogP contribution in [-0.4, -0.2) is 50.3 Å². The predicted octanol–water partition coefficient (Wildman–Crippen LogP) is 2.98. The third kappa shape index (κ3) is 4.44. The highest BCUT2D eigenvalue weighted by Crippen LogP contribution is 2.35. The quantitative estimate of drug-likeness (QED) is 0.707. The highest BCUT2D eigenvalue weighted by atomic mass is 35.5. The molecule has 0 unspecified atom stereocenters. The summed E-state index contributed by atoms with van der Waals surface area (Å²) in [4.78, 5) is 25.3. The molecule has 1 aliphatic carbocycles. The molecule has 1 saturated heterocycles. The number of esters is 1. The maximum atomic E-state index is 13.0. The summed E-state index contributed by atoms with van der Waals surface area (Å²) in [5, 5.41) is 3.10. The van der Waals surface area contributed by atoms with E-state index in [1.165, 1.54) is 29.6 Å². The number of hydrogen-bond donors (Lipinski definition) is 1. The summed E-state index contributed by atoms with van der Waals surface area (Å²) in [5.41, 5.74) is -0.697. The number of carbonyl (C=O) groups excluding carboxylic acids is 2. The monoisotopic (exact) mass is 442 g/mol. The Morgan fingerprint density at radius 1 is 1.21 bits per heavy atom. The molecule has 1 aliphatic heterocycles. The molecule has 9 heteroatoms. The maximum Gasteiger partial charge on any atom is 0.311 e. The first-order chi connectivity index (χ1) is 13.7. The number of amides is 1. The van der Waals surface area contributed by atoms with Gasteiger partial charge in [-0.05, 0) is 50.8 Å². The fourth-order valence-corrected chi connectivity index (χ4v) is 5.99. The van der Waals surface area contributed by atoms with Crippen LogP contribution in [0, 0.1) is 5.92 Å². The van der Waals surface area contributed by atoms with Gasteiger partial charge in [-0.25, -0.2) is 8.42 Å². The molecule has 0 aromatic heterocycles. The number of benzene rings is 1. The molecule has 0 radical (unpaired) electrons. The van der Waals surface area contributed by atoms with Gasteiger partial charge in [0.05, 0.1) is 34.0 Å². The van der Waals surface area contributed by atoms with Crippen LogP contribution in [-0.2, 0) is 19.6 Å². The molecule has 1 aromatic carbocycles. The van der Waals surface area contributed by atoms with Gasteiger partial charge in [-0.2, -0.15) is 4.31 Å². The minimum atomic E-state index is -3.67. The van der Waals surface area contributed by atoms with E-state index in [-0.39, 0.29) is 21.5 Å². The Balaban J connectivity index is 1.88. The van der Waals surface area contributed by atoms with Gasteiger partial charge < -0.3 is 10.1 Å². The molecule has 0 bridgehead atoms. The van der Waals surface area contributed by atoms with Crippen LogP contribution in [0.2, 0.25) is 5.02 Å². The molecule has 1 heterocycles. The smallest absolute Gasteiger partial charge is 0.311 e. The fourth-order valence-electron chi connectivity index (χ4n) is 4.25. The van der Waals surface area contributed by atoms with Crippen molar-refractivity contribution in [1.29, 1.82) is 0 Å². The number of halogens is 1. The van der Waals surface area contributed by atoms with E-state index in [0.29, 0.717) is 25.9 Å². The van der Waals surface area contributed by atoms with E-state index in [2.05, 4.69) is 5.32 Å². The summed E-state index contributed by atoms with van der Waals surface area (Å²) in [6, 6.07) is 4.18. The zero-order chi connectivity index (χ0) is 21.2. The van der Waals surface area contributed by atoms with Crippen molar-refractivity contribution in [1.82, 2.24) is 9.62 Å². The Bertz CT molecular complexity index is 898. The van der Waals surface area contributed by atoms with Crippen molar-refractivity contribution in [2.24, 2.45) is 5.92 Å². The van der Waals surface area contributed by atoms with Crippen molar-refractivity contribution >= 4 is 33.5 Å². The maximum absolute atomic E-state index is 13.0. The number of hydrogen-bond acceptors (Lipinski definition) is 5. The third-order valence-corrected chi connectivity index (χ3v) is 8.20. The first-order valence-electron chi connectivity index (χ1n) is 9.89. The fraction of sp³-hybridized carbons (Fsp3) is 0.600. The number of carbonyl (C=O) groups is 2. The first-order valence-corrected chi connectivity index (χ1v) is 11.7. The number of ether oxygens (including phenoxy) is 1. The van der Waals surface area contributed by atoms with Gasteiger partial charge >= 0.3 is 5.97 Å². The van der Waals surface area contributed by atoms with Crippen molar-refractivity contribution in [3.8, 4) is 0 Å². The molecule has 2 atom stereocenters. The molecular weight excluding hydrogens is 416 g/mol. The molecule has 7 nitrogen and oxygen atoms in total. The number of nitrogens with zero attached hydrogens (tertiary/aromatic N) is 1. The van der Waals surface area contributed by atoms with Crippen LogP contribution >= 0.6 is 11.6 Å². The van der Waals surface area contributed by atoms with Crippen LogP contribution in [0.3, 0.4) is 0 Å². The highest BCUT2D eigenvalue weighted by Gasteiger charge is 2.43. The van der Waals surface area contributed by atoms with Gasteiger partial charge in [-0.1, -0.05) is 24.4 Å². The summed E-state index contributed by atoms with van der Waals surface area (Å²) in [6.07, 6.45) is 4.67. The van der Waals surface area contributed by atoms with Gasteiger partial charge in [0, 0.05) is 13.1 Å². The molecule has 1 aromatic rings. The van der Waals surface area contributed by atoms with Gasteiger partial charge in [0.2, 0.25) is 10.0 Å². The highest BCUT2D eigenvalue weighted by molar-refractivity contribution is 7.89. The van der Waals surface area contributed by atoms with Crippen molar-refractivity contribution in [3.63, 3.8) is 0 Å². The number of rotatable bonds is 5. The first kappa shape index (κ1) is 22.1. The largest absolute Gasteiger partial charge is 0.469 e. The molecule has 29 heavy (non-hydrogen) atoms. The average Bonchev–Trinajstić information content (AvgIpc) is 3.23. The Morgan fingerprint density at radius 3 is 2.55 bits per heavy atom. The van der Waals surface area contributed by atoms with E-state index in [9.17, 15) is 18.0 Å². The molecule has 3 rings (SSSR count). The lowest BCUT2D eigenvalue weighted by molar-refractivity contribution is -0.149. The van der Waals surface area contributed by atoms with E-state index < -0.39 is 27.4 Å². The number of nitrogens with one attached hydrogen (secondary N) is 1. The molecule has 2 aliphatic rings. The minimum absolute atomic E-state index is 0.0484.